The van der Waals surface area contributed by atoms with Crippen molar-refractivity contribution in [1.29, 1.82) is 0 Å². The van der Waals surface area contributed by atoms with Gasteiger partial charge in [-0.3, -0.25) is 19.6 Å². The van der Waals surface area contributed by atoms with E-state index in [0.717, 1.165) is 47.3 Å². The number of carbonyl (C=O) groups is 2. The molecule has 4 aromatic carbocycles. The zero-order chi connectivity index (χ0) is 38.8. The molecule has 2 amide bonds. The van der Waals surface area contributed by atoms with E-state index in [0.29, 0.717) is 77.2 Å². The van der Waals surface area contributed by atoms with Crippen LogP contribution in [0.4, 0.5) is 17.1 Å². The summed E-state index contributed by atoms with van der Waals surface area (Å²) in [5.74, 6) is 2.51. The highest BCUT2D eigenvalue weighted by Gasteiger charge is 2.35. The molecule has 4 aromatic rings. The Balaban J connectivity index is 0.850. The van der Waals surface area contributed by atoms with Gasteiger partial charge in [0.1, 0.15) is 5.75 Å². The molecule has 12 nitrogen and oxygen atoms in total. The van der Waals surface area contributed by atoms with Gasteiger partial charge < -0.3 is 39.2 Å². The molecule has 2 atom stereocenters. The number of hydrogen-bond acceptors (Lipinski definition) is 10. The van der Waals surface area contributed by atoms with Crippen LogP contribution in [0.15, 0.2) is 95.2 Å². The molecule has 4 heterocycles. The maximum Gasteiger partial charge on any atom is 0.260 e. The summed E-state index contributed by atoms with van der Waals surface area (Å²) in [6.45, 7) is 0.888. The van der Waals surface area contributed by atoms with Gasteiger partial charge in [-0.2, -0.15) is 0 Å². The third kappa shape index (κ3) is 7.17. The fourth-order valence-electron chi connectivity index (χ4n) is 7.43. The zero-order valence-corrected chi connectivity index (χ0v) is 31.6. The fraction of sp³-hybridized carbons (Fsp3) is 0.273. The van der Waals surface area contributed by atoms with Crippen LogP contribution in [0.3, 0.4) is 0 Å². The quantitative estimate of drug-likeness (QED) is 0.108. The number of nitrogens with zero attached hydrogens (tertiary/aromatic N) is 4. The number of rotatable bonds is 13. The lowest BCUT2D eigenvalue weighted by Gasteiger charge is -2.19. The van der Waals surface area contributed by atoms with Crippen LogP contribution in [-0.4, -0.2) is 80.7 Å². The molecule has 12 heteroatoms. The molecule has 56 heavy (non-hydrogen) atoms. The first-order chi connectivity index (χ1) is 27.3. The standard InChI is InChI=1S/C44H43N5O7/c1-52-34-12-10-27(11-13-34)29-17-32-23-46-37-21-41(39(53-2)19-35(37)43(50)48(32)25-29)55-14-5-4-6-15-56-42-22-38-36(20-40(42)54-3)44(51)49-26-30(18-33(49)24-47-38)28-8-7-9-31(45)16-28/h7-13,16,19-26,32-33H,4-6,14-15,17-18,45H2,1-3H3/t32-,33-/m0/s1. The second-order valence-electron chi connectivity index (χ2n) is 14.0. The van der Waals surface area contributed by atoms with Gasteiger partial charge in [0.2, 0.25) is 0 Å². The van der Waals surface area contributed by atoms with Crippen molar-refractivity contribution < 1.29 is 33.3 Å². The predicted octanol–water partition coefficient (Wildman–Crippen LogP) is 7.87. The maximum absolute atomic E-state index is 13.7. The largest absolute Gasteiger partial charge is 0.497 e. The minimum absolute atomic E-state index is 0.137. The fourth-order valence-corrected chi connectivity index (χ4v) is 7.43. The molecule has 0 saturated heterocycles. The molecule has 0 fully saturated rings. The van der Waals surface area contributed by atoms with Gasteiger partial charge in [0.05, 0.1) is 69.1 Å². The van der Waals surface area contributed by atoms with Gasteiger partial charge in [-0.1, -0.05) is 24.3 Å². The van der Waals surface area contributed by atoms with E-state index >= 15 is 0 Å². The summed E-state index contributed by atoms with van der Waals surface area (Å²) in [6, 6.07) is 22.1. The molecular formula is C44H43N5O7. The highest BCUT2D eigenvalue weighted by Crippen LogP contribution is 2.42. The van der Waals surface area contributed by atoms with Gasteiger partial charge in [0.25, 0.3) is 11.8 Å². The molecule has 2 N–H and O–H groups in total. The van der Waals surface area contributed by atoms with Crippen molar-refractivity contribution in [2.75, 3.05) is 40.3 Å². The normalized spacial score (nSPS) is 17.9. The minimum Gasteiger partial charge on any atom is -0.497 e. The van der Waals surface area contributed by atoms with Gasteiger partial charge in [-0.05, 0) is 77.9 Å². The Morgan fingerprint density at radius 3 is 1.66 bits per heavy atom. The average molecular weight is 754 g/mol. The second-order valence-corrected chi connectivity index (χ2v) is 14.0. The van der Waals surface area contributed by atoms with Crippen molar-refractivity contribution in [3.8, 4) is 28.7 Å². The number of fused-ring (bicyclic) bond motifs is 4. The molecule has 0 aliphatic carbocycles. The van der Waals surface area contributed by atoms with Crippen molar-refractivity contribution >= 4 is 52.5 Å². The van der Waals surface area contributed by atoms with E-state index in [-0.39, 0.29) is 23.9 Å². The average Bonchev–Trinajstić information content (AvgIpc) is 3.80. The van der Waals surface area contributed by atoms with Gasteiger partial charge in [-0.25, -0.2) is 0 Å². The summed E-state index contributed by atoms with van der Waals surface area (Å²) in [4.78, 5) is 40.3. The van der Waals surface area contributed by atoms with Crippen LogP contribution in [0.1, 0.15) is 63.9 Å². The molecule has 0 spiro atoms. The van der Waals surface area contributed by atoms with E-state index in [4.69, 9.17) is 39.4 Å². The molecule has 286 valence electrons. The molecular weight excluding hydrogens is 711 g/mol. The van der Waals surface area contributed by atoms with Crippen molar-refractivity contribution in [3.05, 3.63) is 107 Å². The number of anilines is 1. The number of hydrogen-bond donors (Lipinski definition) is 1. The van der Waals surface area contributed by atoms with Crippen LogP contribution in [0.2, 0.25) is 0 Å². The SMILES string of the molecule is COc1ccc(C2=CN3C(=O)c4cc(OC)c(OCCCCCOc5cc6c(cc5OC)C(=O)N5C=C(c7cccc(N)c7)C[C@H]5C=N6)cc4N=C[C@@H]3C2)cc1. The monoisotopic (exact) mass is 753 g/mol. The van der Waals surface area contributed by atoms with E-state index in [1.165, 1.54) is 0 Å². The van der Waals surface area contributed by atoms with E-state index in [9.17, 15) is 9.59 Å². The number of benzene rings is 4. The Morgan fingerprint density at radius 2 is 1.16 bits per heavy atom. The van der Waals surface area contributed by atoms with Crippen molar-refractivity contribution in [2.24, 2.45) is 9.98 Å². The summed E-state index contributed by atoms with van der Waals surface area (Å²) in [5.41, 5.74) is 12.8. The third-order valence-corrected chi connectivity index (χ3v) is 10.4. The first-order valence-corrected chi connectivity index (χ1v) is 18.7. The Morgan fingerprint density at radius 1 is 0.625 bits per heavy atom. The summed E-state index contributed by atoms with van der Waals surface area (Å²) in [7, 11) is 4.76. The highest BCUT2D eigenvalue weighted by atomic mass is 16.5. The minimum atomic E-state index is -0.195. The second kappa shape index (κ2) is 15.7. The summed E-state index contributed by atoms with van der Waals surface area (Å²) in [5, 5.41) is 0. The summed E-state index contributed by atoms with van der Waals surface area (Å²) >= 11 is 0. The summed E-state index contributed by atoms with van der Waals surface area (Å²) in [6.07, 6.45) is 11.1. The first-order valence-electron chi connectivity index (χ1n) is 18.7. The van der Waals surface area contributed by atoms with Crippen LogP contribution in [0, 0.1) is 0 Å². The molecule has 0 unspecified atom stereocenters. The number of nitrogen functional groups attached to an aromatic ring is 1. The van der Waals surface area contributed by atoms with Gasteiger partial charge in [0, 0.05) is 55.5 Å². The summed E-state index contributed by atoms with van der Waals surface area (Å²) < 4.78 is 28.9. The molecule has 4 aliphatic heterocycles. The highest BCUT2D eigenvalue weighted by molar-refractivity contribution is 6.06. The molecule has 4 aliphatic rings. The predicted molar refractivity (Wildman–Crippen MR) is 216 cm³/mol. The van der Waals surface area contributed by atoms with Crippen LogP contribution in [0.5, 0.6) is 28.7 Å². The number of amides is 2. The molecule has 0 aromatic heterocycles. The van der Waals surface area contributed by atoms with Crippen molar-refractivity contribution in [1.82, 2.24) is 9.80 Å². The van der Waals surface area contributed by atoms with E-state index < -0.39 is 0 Å². The van der Waals surface area contributed by atoms with Gasteiger partial charge >= 0.3 is 0 Å². The Bertz CT molecular complexity index is 2300. The molecule has 0 saturated carbocycles. The third-order valence-electron chi connectivity index (χ3n) is 10.4. The van der Waals surface area contributed by atoms with Crippen LogP contribution < -0.4 is 29.4 Å². The molecule has 0 bridgehead atoms. The Kier molecular flexibility index (Phi) is 10.2. The van der Waals surface area contributed by atoms with E-state index in [1.807, 2.05) is 73.4 Å². The molecule has 8 rings (SSSR count). The first kappa shape index (κ1) is 36.4. The smallest absolute Gasteiger partial charge is 0.260 e. The van der Waals surface area contributed by atoms with Crippen LogP contribution >= 0.6 is 0 Å². The number of ether oxygens (including phenoxy) is 5. The number of unbranched alkanes of at least 4 members (excludes halogenated alkanes) is 2. The van der Waals surface area contributed by atoms with E-state index in [1.54, 1.807) is 55.4 Å². The topological polar surface area (TPSA) is 138 Å². The number of methoxy groups -OCH3 is 3. The Labute approximate surface area is 325 Å². The van der Waals surface area contributed by atoms with E-state index in [2.05, 4.69) is 0 Å². The lowest BCUT2D eigenvalue weighted by Crippen LogP contribution is -2.32. The Hall–Kier alpha value is -6.56. The van der Waals surface area contributed by atoms with Gasteiger partial charge in [0.15, 0.2) is 23.0 Å². The maximum atomic E-state index is 13.7. The van der Waals surface area contributed by atoms with Crippen LogP contribution in [-0.2, 0) is 0 Å². The van der Waals surface area contributed by atoms with Crippen molar-refractivity contribution in [2.45, 2.75) is 44.2 Å². The number of aliphatic imine (C=N–C) groups is 2. The lowest BCUT2D eigenvalue weighted by atomic mass is 10.0. The number of carbonyl (C=O) groups excluding carboxylic acids is 2. The van der Waals surface area contributed by atoms with Gasteiger partial charge in [-0.15, -0.1) is 0 Å². The van der Waals surface area contributed by atoms with Crippen LogP contribution in [0.25, 0.3) is 11.1 Å². The molecule has 0 radical (unpaired) electrons. The zero-order valence-electron chi connectivity index (χ0n) is 31.6. The van der Waals surface area contributed by atoms with Crippen molar-refractivity contribution in [3.63, 3.8) is 0 Å². The lowest BCUT2D eigenvalue weighted by molar-refractivity contribution is 0.0809. The number of nitrogens with two attached hydrogens (primary N) is 1.